The van der Waals surface area contributed by atoms with E-state index >= 15 is 0 Å². The van der Waals surface area contributed by atoms with E-state index in [4.69, 9.17) is 0 Å². The van der Waals surface area contributed by atoms with E-state index in [0.717, 1.165) is 17.8 Å². The number of nitrogens with zero attached hydrogens (tertiary/aromatic N) is 1. The molecule has 0 radical (unpaired) electrons. The van der Waals surface area contributed by atoms with E-state index in [1.54, 1.807) is 0 Å². The van der Waals surface area contributed by atoms with Crippen LogP contribution in [0.15, 0.2) is 30.3 Å². The monoisotopic (exact) mass is 215 g/mol. The van der Waals surface area contributed by atoms with Crippen LogP contribution >= 0.6 is 0 Å². The van der Waals surface area contributed by atoms with Gasteiger partial charge in [-0.25, -0.2) is 0 Å². The minimum absolute atomic E-state index is 0.764. The number of likely N-dealkylation sites (tertiary alicyclic amines) is 1. The van der Waals surface area contributed by atoms with Crippen molar-refractivity contribution in [2.45, 2.75) is 25.7 Å². The Morgan fingerprint density at radius 1 is 1.12 bits per heavy atom. The second-order valence-corrected chi connectivity index (χ2v) is 5.66. The number of rotatable bonds is 3. The number of hydrogen-bond acceptors (Lipinski definition) is 1. The SMILES string of the molecule is CC1CN(CC2CC2)CC1c1ccccc1. The Hall–Kier alpha value is -0.820. The zero-order valence-electron chi connectivity index (χ0n) is 10.1. The molecule has 1 aliphatic heterocycles. The van der Waals surface area contributed by atoms with Crippen LogP contribution in [0.3, 0.4) is 0 Å². The molecule has 2 fully saturated rings. The molecule has 2 atom stereocenters. The molecule has 1 nitrogen and oxygen atoms in total. The van der Waals surface area contributed by atoms with Gasteiger partial charge < -0.3 is 4.90 Å². The van der Waals surface area contributed by atoms with Gasteiger partial charge in [0.25, 0.3) is 0 Å². The van der Waals surface area contributed by atoms with Crippen LogP contribution < -0.4 is 0 Å². The van der Waals surface area contributed by atoms with Crippen LogP contribution in [0.25, 0.3) is 0 Å². The van der Waals surface area contributed by atoms with Gasteiger partial charge in [0.2, 0.25) is 0 Å². The second kappa shape index (κ2) is 4.21. The van der Waals surface area contributed by atoms with Gasteiger partial charge in [0.05, 0.1) is 0 Å². The first kappa shape index (κ1) is 10.3. The van der Waals surface area contributed by atoms with Crippen molar-refractivity contribution in [1.82, 2.24) is 4.90 Å². The maximum Gasteiger partial charge on any atom is 0.00535 e. The summed E-state index contributed by atoms with van der Waals surface area (Å²) in [7, 11) is 0. The second-order valence-electron chi connectivity index (χ2n) is 5.66. The molecule has 0 aromatic heterocycles. The van der Waals surface area contributed by atoms with E-state index in [0.29, 0.717) is 0 Å². The average Bonchev–Trinajstić information content (AvgIpc) is 3.03. The summed E-state index contributed by atoms with van der Waals surface area (Å²) >= 11 is 0. The first-order valence-corrected chi connectivity index (χ1v) is 6.60. The van der Waals surface area contributed by atoms with Crippen LogP contribution in [0.4, 0.5) is 0 Å². The predicted molar refractivity (Wildman–Crippen MR) is 67.5 cm³/mol. The molecule has 1 heterocycles. The van der Waals surface area contributed by atoms with Crippen molar-refractivity contribution < 1.29 is 0 Å². The molecule has 86 valence electrons. The highest BCUT2D eigenvalue weighted by molar-refractivity contribution is 5.22. The first-order chi connectivity index (χ1) is 7.83. The maximum atomic E-state index is 2.68. The molecule has 1 saturated heterocycles. The Labute approximate surface area is 98.5 Å². The van der Waals surface area contributed by atoms with E-state index < -0.39 is 0 Å². The van der Waals surface area contributed by atoms with Crippen LogP contribution in [0.1, 0.15) is 31.2 Å². The molecule has 2 unspecified atom stereocenters. The number of benzene rings is 1. The van der Waals surface area contributed by atoms with Gasteiger partial charge in [-0.3, -0.25) is 0 Å². The molecule has 0 spiro atoms. The molecule has 0 bridgehead atoms. The van der Waals surface area contributed by atoms with E-state index in [1.807, 2.05) is 0 Å². The third kappa shape index (κ3) is 2.15. The molecular formula is C15H21N. The Balaban J connectivity index is 1.67. The zero-order chi connectivity index (χ0) is 11.0. The van der Waals surface area contributed by atoms with Gasteiger partial charge in [0, 0.05) is 25.6 Å². The summed E-state index contributed by atoms with van der Waals surface area (Å²) in [5.41, 5.74) is 1.54. The van der Waals surface area contributed by atoms with Gasteiger partial charge in [-0.1, -0.05) is 37.3 Å². The van der Waals surface area contributed by atoms with Gasteiger partial charge in [-0.15, -0.1) is 0 Å². The van der Waals surface area contributed by atoms with Crippen LogP contribution in [-0.4, -0.2) is 24.5 Å². The summed E-state index contributed by atoms with van der Waals surface area (Å²) in [6.45, 7) is 6.34. The summed E-state index contributed by atoms with van der Waals surface area (Å²) in [6, 6.07) is 11.0. The van der Waals surface area contributed by atoms with Crippen molar-refractivity contribution in [3.63, 3.8) is 0 Å². The Kier molecular flexibility index (Phi) is 2.72. The normalized spacial score (nSPS) is 30.8. The maximum absolute atomic E-state index is 2.68. The van der Waals surface area contributed by atoms with Crippen LogP contribution in [0.2, 0.25) is 0 Å². The highest BCUT2D eigenvalue weighted by atomic mass is 15.2. The standard InChI is InChI=1S/C15H21N/c1-12-9-16(10-13-7-8-13)11-15(12)14-5-3-2-4-6-14/h2-6,12-13,15H,7-11H2,1H3. The van der Waals surface area contributed by atoms with Gasteiger partial charge in [-0.05, 0) is 30.2 Å². The highest BCUT2D eigenvalue weighted by Gasteiger charge is 2.33. The third-order valence-electron chi connectivity index (χ3n) is 4.13. The topological polar surface area (TPSA) is 3.24 Å². The molecule has 1 saturated carbocycles. The molecule has 2 aliphatic rings. The third-order valence-corrected chi connectivity index (χ3v) is 4.13. The minimum Gasteiger partial charge on any atom is -0.302 e. The van der Waals surface area contributed by atoms with Gasteiger partial charge in [0.1, 0.15) is 0 Å². The van der Waals surface area contributed by atoms with Crippen molar-refractivity contribution in [2.24, 2.45) is 11.8 Å². The lowest BCUT2D eigenvalue weighted by Gasteiger charge is -2.15. The van der Waals surface area contributed by atoms with Gasteiger partial charge >= 0.3 is 0 Å². The van der Waals surface area contributed by atoms with Crippen molar-refractivity contribution in [3.8, 4) is 0 Å². The molecule has 1 aliphatic carbocycles. The Bertz CT molecular complexity index is 342. The lowest BCUT2D eigenvalue weighted by atomic mass is 9.90. The van der Waals surface area contributed by atoms with E-state index in [1.165, 1.54) is 38.0 Å². The quantitative estimate of drug-likeness (QED) is 0.748. The summed E-state index contributed by atoms with van der Waals surface area (Å²) < 4.78 is 0. The lowest BCUT2D eigenvalue weighted by molar-refractivity contribution is 0.313. The fourth-order valence-corrected chi connectivity index (χ4v) is 3.02. The van der Waals surface area contributed by atoms with E-state index in [9.17, 15) is 0 Å². The van der Waals surface area contributed by atoms with E-state index in [2.05, 4.69) is 42.2 Å². The van der Waals surface area contributed by atoms with Crippen LogP contribution in [-0.2, 0) is 0 Å². The highest BCUT2D eigenvalue weighted by Crippen LogP contribution is 2.36. The molecule has 0 N–H and O–H groups in total. The van der Waals surface area contributed by atoms with Gasteiger partial charge in [-0.2, -0.15) is 0 Å². The van der Waals surface area contributed by atoms with Crippen LogP contribution in [0.5, 0.6) is 0 Å². The first-order valence-electron chi connectivity index (χ1n) is 6.60. The number of hydrogen-bond donors (Lipinski definition) is 0. The zero-order valence-corrected chi connectivity index (χ0v) is 10.1. The molecule has 1 aromatic rings. The lowest BCUT2D eigenvalue weighted by Crippen LogP contribution is -2.23. The van der Waals surface area contributed by atoms with Crippen molar-refractivity contribution in [3.05, 3.63) is 35.9 Å². The Morgan fingerprint density at radius 3 is 2.56 bits per heavy atom. The predicted octanol–water partition coefficient (Wildman–Crippen LogP) is 3.13. The fraction of sp³-hybridized carbons (Fsp3) is 0.600. The molecule has 1 heteroatoms. The average molecular weight is 215 g/mol. The van der Waals surface area contributed by atoms with E-state index in [-0.39, 0.29) is 0 Å². The fourth-order valence-electron chi connectivity index (χ4n) is 3.02. The molecule has 1 aromatic carbocycles. The Morgan fingerprint density at radius 2 is 1.88 bits per heavy atom. The largest absolute Gasteiger partial charge is 0.302 e. The summed E-state index contributed by atoms with van der Waals surface area (Å²) in [6.07, 6.45) is 2.95. The van der Waals surface area contributed by atoms with Crippen LogP contribution in [0, 0.1) is 11.8 Å². The van der Waals surface area contributed by atoms with Crippen molar-refractivity contribution >= 4 is 0 Å². The summed E-state index contributed by atoms with van der Waals surface area (Å²) in [5.74, 6) is 2.61. The van der Waals surface area contributed by atoms with Gasteiger partial charge in [0.15, 0.2) is 0 Å². The minimum atomic E-state index is 0.764. The molecule has 0 amide bonds. The smallest absolute Gasteiger partial charge is 0.00535 e. The molecule has 3 rings (SSSR count). The van der Waals surface area contributed by atoms with Crippen molar-refractivity contribution in [2.75, 3.05) is 19.6 Å². The van der Waals surface area contributed by atoms with Crippen molar-refractivity contribution in [1.29, 1.82) is 0 Å². The summed E-state index contributed by atoms with van der Waals surface area (Å²) in [4.78, 5) is 2.68. The molecular weight excluding hydrogens is 194 g/mol. The molecule has 16 heavy (non-hydrogen) atoms. The summed E-state index contributed by atoms with van der Waals surface area (Å²) in [5, 5.41) is 0.